The molecular formula is C21H20N4O. The third-order valence-corrected chi connectivity index (χ3v) is 4.47. The van der Waals surface area contributed by atoms with Crippen molar-refractivity contribution in [3.05, 3.63) is 59.8 Å². The highest BCUT2D eigenvalue weighted by Gasteiger charge is 2.10. The van der Waals surface area contributed by atoms with Crippen molar-refractivity contribution in [2.45, 2.75) is 0 Å². The van der Waals surface area contributed by atoms with Crippen LogP contribution in [0.25, 0.3) is 28.1 Å². The fourth-order valence-electron chi connectivity index (χ4n) is 2.94. The molecule has 3 rings (SSSR count). The Bertz CT molecular complexity index is 1070. The number of carbonyl (C=O) groups is 1. The molecule has 0 radical (unpaired) electrons. The molecule has 130 valence electrons. The van der Waals surface area contributed by atoms with Gasteiger partial charge in [0, 0.05) is 38.2 Å². The zero-order chi connectivity index (χ0) is 18.8. The van der Waals surface area contributed by atoms with E-state index in [1.807, 2.05) is 43.9 Å². The highest BCUT2D eigenvalue weighted by Crippen LogP contribution is 2.28. The van der Waals surface area contributed by atoms with E-state index in [4.69, 9.17) is 11.0 Å². The summed E-state index contributed by atoms with van der Waals surface area (Å²) in [6.45, 7) is 0. The van der Waals surface area contributed by atoms with Gasteiger partial charge >= 0.3 is 0 Å². The molecular weight excluding hydrogens is 324 g/mol. The van der Waals surface area contributed by atoms with Crippen molar-refractivity contribution in [2.75, 3.05) is 19.0 Å². The fourth-order valence-corrected chi connectivity index (χ4v) is 2.94. The number of carbonyl (C=O) groups excluding carboxylic acids is 1. The van der Waals surface area contributed by atoms with Crippen LogP contribution in [0.5, 0.6) is 0 Å². The predicted octanol–water partition coefficient (Wildman–Crippen LogP) is 3.30. The minimum Gasteiger partial charge on any atom is -0.378 e. The van der Waals surface area contributed by atoms with Gasteiger partial charge in [-0.15, -0.1) is 0 Å². The Hall–Kier alpha value is -3.52. The van der Waals surface area contributed by atoms with Gasteiger partial charge in [-0.3, -0.25) is 4.79 Å². The monoisotopic (exact) mass is 344 g/mol. The molecule has 2 aromatic carbocycles. The summed E-state index contributed by atoms with van der Waals surface area (Å²) in [5, 5.41) is 11.4. The van der Waals surface area contributed by atoms with Gasteiger partial charge in [0.05, 0.1) is 0 Å². The molecule has 0 spiro atoms. The third kappa shape index (κ3) is 3.17. The summed E-state index contributed by atoms with van der Waals surface area (Å²) >= 11 is 0. The van der Waals surface area contributed by atoms with Gasteiger partial charge in [0.25, 0.3) is 5.91 Å². The number of rotatable bonds is 4. The topological polar surface area (TPSA) is 75.1 Å². The summed E-state index contributed by atoms with van der Waals surface area (Å²) < 4.78 is 1.94. The molecule has 0 saturated carbocycles. The van der Waals surface area contributed by atoms with Crippen LogP contribution in [0.2, 0.25) is 0 Å². The lowest BCUT2D eigenvalue weighted by molar-refractivity contribution is -0.114. The fraction of sp³-hybridized carbons (Fsp3) is 0.143. The third-order valence-electron chi connectivity index (χ3n) is 4.47. The van der Waals surface area contributed by atoms with Gasteiger partial charge in [0.15, 0.2) is 0 Å². The second-order valence-corrected chi connectivity index (χ2v) is 6.38. The normalized spacial score (nSPS) is 11.4. The second kappa shape index (κ2) is 6.77. The Labute approximate surface area is 152 Å². The van der Waals surface area contributed by atoms with Crippen LogP contribution in [-0.4, -0.2) is 24.6 Å². The highest BCUT2D eigenvalue weighted by atomic mass is 16.1. The molecule has 2 N–H and O–H groups in total. The van der Waals surface area contributed by atoms with Gasteiger partial charge in [0.1, 0.15) is 11.6 Å². The quantitative estimate of drug-likeness (QED) is 0.583. The van der Waals surface area contributed by atoms with Crippen LogP contribution < -0.4 is 10.6 Å². The number of primary amides is 1. The first kappa shape index (κ1) is 17.3. The van der Waals surface area contributed by atoms with Crippen LogP contribution >= 0.6 is 0 Å². The summed E-state index contributed by atoms with van der Waals surface area (Å²) in [5.41, 5.74) is 9.12. The Kier molecular flexibility index (Phi) is 4.51. The highest BCUT2D eigenvalue weighted by molar-refractivity contribution is 6.00. The molecule has 3 aromatic rings. The number of fused-ring (bicyclic) bond motifs is 1. The second-order valence-electron chi connectivity index (χ2n) is 6.38. The van der Waals surface area contributed by atoms with Crippen LogP contribution in [0, 0.1) is 11.3 Å². The number of benzene rings is 2. The van der Waals surface area contributed by atoms with Crippen molar-refractivity contribution in [1.29, 1.82) is 5.26 Å². The molecule has 0 aliphatic carbocycles. The molecule has 0 bridgehead atoms. The van der Waals surface area contributed by atoms with E-state index in [9.17, 15) is 4.79 Å². The van der Waals surface area contributed by atoms with Gasteiger partial charge in [-0.25, -0.2) is 0 Å². The van der Waals surface area contributed by atoms with E-state index in [0.717, 1.165) is 28.0 Å². The predicted molar refractivity (Wildman–Crippen MR) is 105 cm³/mol. The molecule has 0 aliphatic heterocycles. The summed E-state index contributed by atoms with van der Waals surface area (Å²) in [7, 11) is 5.95. The van der Waals surface area contributed by atoms with Crippen LogP contribution in [0.15, 0.2) is 54.1 Å². The van der Waals surface area contributed by atoms with Crippen molar-refractivity contribution >= 4 is 28.4 Å². The standard InChI is InChI=1S/C21H20N4O/c1-24(2)18-7-6-14-10-16(5-4-15(14)11-18)20-9-8-19(25(20)3)12-17(13-22)21(23)26/h4-12H,1-3H3,(H2,23,26)/b17-12+. The summed E-state index contributed by atoms with van der Waals surface area (Å²) in [5.74, 6) is -0.724. The van der Waals surface area contributed by atoms with Crippen LogP contribution in [0.3, 0.4) is 0 Å². The molecule has 5 nitrogen and oxygen atoms in total. The van der Waals surface area contributed by atoms with E-state index in [2.05, 4.69) is 41.3 Å². The summed E-state index contributed by atoms with van der Waals surface area (Å²) in [6, 6.07) is 18.3. The van der Waals surface area contributed by atoms with Crippen molar-refractivity contribution in [3.8, 4) is 17.3 Å². The van der Waals surface area contributed by atoms with Crippen LogP contribution in [-0.2, 0) is 11.8 Å². The Morgan fingerprint density at radius 2 is 1.81 bits per heavy atom. The average molecular weight is 344 g/mol. The molecule has 5 heteroatoms. The molecule has 1 aromatic heterocycles. The minimum absolute atomic E-state index is 0.0625. The molecule has 0 aliphatic rings. The lowest BCUT2D eigenvalue weighted by Crippen LogP contribution is -2.12. The van der Waals surface area contributed by atoms with Gasteiger partial charge in [-0.1, -0.05) is 18.2 Å². The first-order valence-corrected chi connectivity index (χ1v) is 8.19. The van der Waals surface area contributed by atoms with Crippen LogP contribution in [0.4, 0.5) is 5.69 Å². The van der Waals surface area contributed by atoms with E-state index < -0.39 is 5.91 Å². The van der Waals surface area contributed by atoms with Crippen LogP contribution in [0.1, 0.15) is 5.69 Å². The Morgan fingerprint density at radius 1 is 1.12 bits per heavy atom. The van der Waals surface area contributed by atoms with Gasteiger partial charge in [0.2, 0.25) is 0 Å². The maximum absolute atomic E-state index is 11.3. The molecule has 0 unspecified atom stereocenters. The first-order valence-electron chi connectivity index (χ1n) is 8.19. The first-order chi connectivity index (χ1) is 12.4. The lowest BCUT2D eigenvalue weighted by Gasteiger charge is -2.13. The van der Waals surface area contributed by atoms with Crippen molar-refractivity contribution in [2.24, 2.45) is 12.8 Å². The van der Waals surface area contributed by atoms with E-state index >= 15 is 0 Å². The van der Waals surface area contributed by atoms with Crippen molar-refractivity contribution in [3.63, 3.8) is 0 Å². The lowest BCUT2D eigenvalue weighted by atomic mass is 10.0. The van der Waals surface area contributed by atoms with Gasteiger partial charge in [-0.05, 0) is 52.7 Å². The number of aromatic nitrogens is 1. The van der Waals surface area contributed by atoms with Crippen molar-refractivity contribution < 1.29 is 4.79 Å². The van der Waals surface area contributed by atoms with Gasteiger partial charge in [-0.2, -0.15) is 5.26 Å². The maximum Gasteiger partial charge on any atom is 0.259 e. The molecule has 26 heavy (non-hydrogen) atoms. The van der Waals surface area contributed by atoms with E-state index in [1.165, 1.54) is 11.5 Å². The number of nitriles is 1. The Morgan fingerprint density at radius 3 is 2.46 bits per heavy atom. The molecule has 0 saturated heterocycles. The summed E-state index contributed by atoms with van der Waals surface area (Å²) in [6.07, 6.45) is 1.51. The number of amides is 1. The molecule has 1 amide bonds. The number of nitrogens with two attached hydrogens (primary N) is 1. The number of hydrogen-bond acceptors (Lipinski definition) is 3. The number of anilines is 1. The van der Waals surface area contributed by atoms with Crippen molar-refractivity contribution in [1.82, 2.24) is 4.57 Å². The van der Waals surface area contributed by atoms with E-state index in [1.54, 1.807) is 0 Å². The van der Waals surface area contributed by atoms with E-state index in [0.29, 0.717) is 0 Å². The molecule has 0 atom stereocenters. The maximum atomic E-state index is 11.3. The molecule has 1 heterocycles. The molecule has 0 fully saturated rings. The zero-order valence-corrected chi connectivity index (χ0v) is 15.0. The number of hydrogen-bond donors (Lipinski definition) is 1. The number of nitrogens with zero attached hydrogens (tertiary/aromatic N) is 3. The average Bonchev–Trinajstić information content (AvgIpc) is 2.98. The largest absolute Gasteiger partial charge is 0.378 e. The SMILES string of the molecule is CN(C)c1ccc2cc(-c3ccc(/C=C(\C#N)C(N)=O)n3C)ccc2c1. The smallest absolute Gasteiger partial charge is 0.259 e. The van der Waals surface area contributed by atoms with Gasteiger partial charge < -0.3 is 15.2 Å². The minimum atomic E-state index is -0.724. The summed E-state index contributed by atoms with van der Waals surface area (Å²) in [4.78, 5) is 13.3. The Balaban J connectivity index is 2.04. The zero-order valence-electron chi connectivity index (χ0n) is 15.0. The van der Waals surface area contributed by atoms with E-state index in [-0.39, 0.29) is 5.57 Å².